The zero-order valence-corrected chi connectivity index (χ0v) is 12.6. The van der Waals surface area contributed by atoms with Gasteiger partial charge in [-0.05, 0) is 18.9 Å². The fourth-order valence-electron chi connectivity index (χ4n) is 2.21. The molecule has 0 atom stereocenters. The molecule has 0 aliphatic carbocycles. The summed E-state index contributed by atoms with van der Waals surface area (Å²) in [6.45, 7) is 0.995. The van der Waals surface area contributed by atoms with Crippen molar-refractivity contribution in [1.82, 2.24) is 14.6 Å². The third-order valence-electron chi connectivity index (χ3n) is 3.16. The second kappa shape index (κ2) is 6.07. The number of aromatic nitrogens is 1. The van der Waals surface area contributed by atoms with Crippen LogP contribution in [0.3, 0.4) is 0 Å². The molecule has 6 nitrogen and oxygen atoms in total. The van der Waals surface area contributed by atoms with Crippen molar-refractivity contribution in [2.75, 3.05) is 19.3 Å². The van der Waals surface area contributed by atoms with Gasteiger partial charge in [0.2, 0.25) is 10.0 Å². The molecule has 0 spiro atoms. The second-order valence-electron chi connectivity index (χ2n) is 4.81. The summed E-state index contributed by atoms with van der Waals surface area (Å²) in [7, 11) is -3.20. The monoisotopic (exact) mass is 317 g/mol. The van der Waals surface area contributed by atoms with Crippen molar-refractivity contribution in [2.24, 2.45) is 0 Å². The number of pyridine rings is 1. The molecule has 0 aromatic carbocycles. The Hall–Kier alpha value is -1.18. The Morgan fingerprint density at radius 1 is 1.45 bits per heavy atom. The molecular weight excluding hydrogens is 302 g/mol. The van der Waals surface area contributed by atoms with Crippen LogP contribution >= 0.6 is 11.6 Å². The van der Waals surface area contributed by atoms with Crippen LogP contribution in [0.5, 0.6) is 0 Å². The number of halogens is 1. The minimum atomic E-state index is -3.20. The van der Waals surface area contributed by atoms with Crippen molar-refractivity contribution in [3.05, 3.63) is 29.0 Å². The van der Waals surface area contributed by atoms with Gasteiger partial charge in [0.1, 0.15) is 0 Å². The lowest BCUT2D eigenvalue weighted by molar-refractivity contribution is 0.0711. The molecular formula is C12H16ClN3O3S. The molecule has 8 heteroatoms. The zero-order chi connectivity index (χ0) is 14.8. The average molecular weight is 318 g/mol. The van der Waals surface area contributed by atoms with E-state index in [1.54, 1.807) is 11.0 Å². The number of hydrogen-bond donors (Lipinski definition) is 1. The second-order valence-corrected chi connectivity index (χ2v) is 7.00. The lowest BCUT2D eigenvalue weighted by Crippen LogP contribution is -2.46. The van der Waals surface area contributed by atoms with Gasteiger partial charge >= 0.3 is 0 Å². The number of piperidine rings is 1. The van der Waals surface area contributed by atoms with E-state index in [2.05, 4.69) is 9.71 Å². The quantitative estimate of drug-likeness (QED) is 0.898. The fourth-order valence-corrected chi connectivity index (χ4v) is 3.24. The van der Waals surface area contributed by atoms with E-state index in [1.165, 1.54) is 12.4 Å². The molecule has 1 aromatic rings. The first-order valence-electron chi connectivity index (χ1n) is 6.23. The Kier molecular flexibility index (Phi) is 4.62. The SMILES string of the molecule is CS(=O)(=O)NC1CCN(C(=O)c2cnccc2Cl)CC1. The van der Waals surface area contributed by atoms with Crippen molar-refractivity contribution in [2.45, 2.75) is 18.9 Å². The number of hydrogen-bond acceptors (Lipinski definition) is 4. The van der Waals surface area contributed by atoms with E-state index in [1.807, 2.05) is 0 Å². The van der Waals surface area contributed by atoms with Crippen LogP contribution < -0.4 is 4.72 Å². The summed E-state index contributed by atoms with van der Waals surface area (Å²) in [5, 5.41) is 0.376. The molecule has 1 aromatic heterocycles. The van der Waals surface area contributed by atoms with E-state index >= 15 is 0 Å². The van der Waals surface area contributed by atoms with Crippen LogP contribution in [0, 0.1) is 0 Å². The number of rotatable bonds is 3. The Morgan fingerprint density at radius 2 is 2.10 bits per heavy atom. The molecule has 1 fully saturated rings. The zero-order valence-electron chi connectivity index (χ0n) is 11.0. The predicted octanol–water partition coefficient (Wildman–Crippen LogP) is 0.889. The van der Waals surface area contributed by atoms with Crippen LogP contribution in [0.1, 0.15) is 23.2 Å². The molecule has 0 radical (unpaired) electrons. The predicted molar refractivity (Wildman–Crippen MR) is 76.2 cm³/mol. The first-order valence-corrected chi connectivity index (χ1v) is 8.50. The highest BCUT2D eigenvalue weighted by atomic mass is 35.5. The maximum absolute atomic E-state index is 12.3. The number of likely N-dealkylation sites (tertiary alicyclic amines) is 1. The highest BCUT2D eigenvalue weighted by Crippen LogP contribution is 2.19. The van der Waals surface area contributed by atoms with E-state index < -0.39 is 10.0 Å². The lowest BCUT2D eigenvalue weighted by Gasteiger charge is -2.32. The molecule has 1 N–H and O–H groups in total. The number of carbonyl (C=O) groups excluding carboxylic acids is 1. The normalized spacial score (nSPS) is 17.2. The summed E-state index contributed by atoms with van der Waals surface area (Å²) in [6.07, 6.45) is 5.31. The summed E-state index contributed by atoms with van der Waals surface area (Å²) in [5.41, 5.74) is 0.378. The summed E-state index contributed by atoms with van der Waals surface area (Å²) < 4.78 is 24.9. The van der Waals surface area contributed by atoms with Crippen molar-refractivity contribution < 1.29 is 13.2 Å². The highest BCUT2D eigenvalue weighted by Gasteiger charge is 2.26. The Morgan fingerprint density at radius 3 is 2.65 bits per heavy atom. The molecule has 1 saturated heterocycles. The maximum atomic E-state index is 12.3. The summed E-state index contributed by atoms with van der Waals surface area (Å²) >= 11 is 5.97. The van der Waals surface area contributed by atoms with Crippen LogP contribution in [0.15, 0.2) is 18.5 Å². The van der Waals surface area contributed by atoms with Gasteiger partial charge in [-0.15, -0.1) is 0 Å². The first kappa shape index (κ1) is 15.2. The minimum absolute atomic E-state index is 0.113. The smallest absolute Gasteiger partial charge is 0.256 e. The summed E-state index contributed by atoms with van der Waals surface area (Å²) in [5.74, 6) is -0.166. The molecule has 20 heavy (non-hydrogen) atoms. The number of nitrogens with zero attached hydrogens (tertiary/aromatic N) is 2. The van der Waals surface area contributed by atoms with E-state index in [0.717, 1.165) is 6.26 Å². The number of sulfonamides is 1. The number of carbonyl (C=O) groups is 1. The molecule has 1 aliphatic heterocycles. The van der Waals surface area contributed by atoms with Crippen molar-refractivity contribution >= 4 is 27.5 Å². The molecule has 2 rings (SSSR count). The van der Waals surface area contributed by atoms with Crippen LogP contribution in [-0.4, -0.2) is 49.6 Å². The van der Waals surface area contributed by atoms with E-state index in [9.17, 15) is 13.2 Å². The molecule has 2 heterocycles. The Bertz CT molecular complexity index is 598. The van der Waals surface area contributed by atoms with Crippen LogP contribution in [0.4, 0.5) is 0 Å². The van der Waals surface area contributed by atoms with Gasteiger partial charge in [-0.3, -0.25) is 9.78 Å². The van der Waals surface area contributed by atoms with Gasteiger partial charge in [-0.25, -0.2) is 13.1 Å². The van der Waals surface area contributed by atoms with Crippen LogP contribution in [0.2, 0.25) is 5.02 Å². The van der Waals surface area contributed by atoms with Gasteiger partial charge < -0.3 is 4.90 Å². The highest BCUT2D eigenvalue weighted by molar-refractivity contribution is 7.88. The van der Waals surface area contributed by atoms with E-state index in [0.29, 0.717) is 36.5 Å². The van der Waals surface area contributed by atoms with Gasteiger partial charge in [-0.1, -0.05) is 11.6 Å². The van der Waals surface area contributed by atoms with Crippen LogP contribution in [-0.2, 0) is 10.0 Å². The van der Waals surface area contributed by atoms with Gasteiger partial charge in [0.05, 0.1) is 16.8 Å². The topological polar surface area (TPSA) is 79.4 Å². The van der Waals surface area contributed by atoms with Gasteiger partial charge in [-0.2, -0.15) is 0 Å². The minimum Gasteiger partial charge on any atom is -0.338 e. The van der Waals surface area contributed by atoms with Crippen LogP contribution in [0.25, 0.3) is 0 Å². The lowest BCUT2D eigenvalue weighted by atomic mass is 10.1. The third-order valence-corrected chi connectivity index (χ3v) is 4.25. The van der Waals surface area contributed by atoms with E-state index in [4.69, 9.17) is 11.6 Å². The summed E-state index contributed by atoms with van der Waals surface area (Å²) in [4.78, 5) is 17.8. The fraction of sp³-hybridized carbons (Fsp3) is 0.500. The van der Waals surface area contributed by atoms with E-state index in [-0.39, 0.29) is 11.9 Å². The third kappa shape index (κ3) is 3.91. The van der Waals surface area contributed by atoms with Gasteiger partial charge in [0, 0.05) is 31.5 Å². The number of amides is 1. The molecule has 110 valence electrons. The van der Waals surface area contributed by atoms with Crippen molar-refractivity contribution in [3.63, 3.8) is 0 Å². The summed E-state index contributed by atoms with van der Waals surface area (Å²) in [6, 6.07) is 1.46. The molecule has 0 saturated carbocycles. The van der Waals surface area contributed by atoms with Crippen molar-refractivity contribution in [3.8, 4) is 0 Å². The maximum Gasteiger partial charge on any atom is 0.256 e. The Balaban J connectivity index is 1.97. The molecule has 1 amide bonds. The van der Waals surface area contributed by atoms with Crippen molar-refractivity contribution in [1.29, 1.82) is 0 Å². The standard InChI is InChI=1S/C12H16ClN3O3S/c1-20(18,19)15-9-3-6-16(7-4-9)12(17)10-8-14-5-2-11(10)13/h2,5,8-9,15H,3-4,6-7H2,1H3. The average Bonchev–Trinajstić information content (AvgIpc) is 2.37. The van der Waals surface area contributed by atoms with Gasteiger partial charge in [0.15, 0.2) is 0 Å². The first-order chi connectivity index (χ1) is 9.37. The Labute approximate surface area is 123 Å². The largest absolute Gasteiger partial charge is 0.338 e. The molecule has 1 aliphatic rings. The number of nitrogens with one attached hydrogen (secondary N) is 1. The molecule has 0 unspecified atom stereocenters. The van der Waals surface area contributed by atoms with Gasteiger partial charge in [0.25, 0.3) is 5.91 Å². The molecule has 0 bridgehead atoms.